The fraction of sp³-hybridized carbons (Fsp3) is 0.0769. The summed E-state index contributed by atoms with van der Waals surface area (Å²) < 4.78 is 12.6. The summed E-state index contributed by atoms with van der Waals surface area (Å²) >= 11 is 0. The van der Waals surface area contributed by atoms with Gasteiger partial charge in [-0.3, -0.25) is 14.4 Å². The standard InChI is InChI=1S/C26H18N2O5/c1-16-13-21(30)24(26(31)32-16)20(29)12-11-18-15-28(19-8-3-2-4-9-19)27-25(18)23-14-17-7-5-6-10-22(17)33-23/h2-15,24H,1H3/b12-11+. The predicted octanol–water partition coefficient (Wildman–Crippen LogP) is 4.51. The summed E-state index contributed by atoms with van der Waals surface area (Å²) in [6.07, 6.45) is 5.65. The van der Waals surface area contributed by atoms with Crippen molar-refractivity contribution in [2.45, 2.75) is 6.92 Å². The van der Waals surface area contributed by atoms with E-state index in [-0.39, 0.29) is 5.76 Å². The molecule has 0 saturated carbocycles. The van der Waals surface area contributed by atoms with Gasteiger partial charge in [0.05, 0.1) is 5.69 Å². The first-order chi connectivity index (χ1) is 16.0. The molecule has 0 saturated heterocycles. The molecule has 1 aliphatic rings. The Labute approximate surface area is 188 Å². The molecule has 7 nitrogen and oxygen atoms in total. The predicted molar refractivity (Wildman–Crippen MR) is 121 cm³/mol. The summed E-state index contributed by atoms with van der Waals surface area (Å²) in [5.74, 6) is -2.90. The Bertz CT molecular complexity index is 1420. The van der Waals surface area contributed by atoms with E-state index in [1.54, 1.807) is 10.9 Å². The molecule has 162 valence electrons. The molecule has 1 unspecified atom stereocenters. The summed E-state index contributed by atoms with van der Waals surface area (Å²) in [5, 5.41) is 5.59. The van der Waals surface area contributed by atoms with E-state index >= 15 is 0 Å². The number of furan rings is 1. The molecule has 1 aliphatic heterocycles. The van der Waals surface area contributed by atoms with Gasteiger partial charge in [0.1, 0.15) is 17.0 Å². The number of benzene rings is 2. The van der Waals surface area contributed by atoms with Crippen LogP contribution in [-0.4, -0.2) is 27.3 Å². The van der Waals surface area contributed by atoms with Crippen molar-refractivity contribution in [3.05, 3.63) is 90.3 Å². The minimum absolute atomic E-state index is 0.175. The van der Waals surface area contributed by atoms with Crippen LogP contribution in [0.4, 0.5) is 0 Å². The van der Waals surface area contributed by atoms with Crippen molar-refractivity contribution in [1.82, 2.24) is 9.78 Å². The molecule has 0 bridgehead atoms. The largest absolute Gasteiger partial charge is 0.454 e. The second kappa shape index (κ2) is 8.20. The second-order valence-electron chi connectivity index (χ2n) is 7.61. The smallest absolute Gasteiger partial charge is 0.329 e. The molecule has 2 aromatic carbocycles. The summed E-state index contributed by atoms with van der Waals surface area (Å²) in [5.41, 5.74) is 2.65. The Morgan fingerprint density at radius 2 is 1.82 bits per heavy atom. The van der Waals surface area contributed by atoms with Crippen molar-refractivity contribution in [2.24, 2.45) is 5.92 Å². The number of hydrogen-bond donors (Lipinski definition) is 0. The van der Waals surface area contributed by atoms with Crippen LogP contribution < -0.4 is 0 Å². The maximum atomic E-state index is 12.7. The van der Waals surface area contributed by atoms with Crippen molar-refractivity contribution < 1.29 is 23.5 Å². The first-order valence-electron chi connectivity index (χ1n) is 10.3. The van der Waals surface area contributed by atoms with Crippen LogP contribution in [0.15, 0.2) is 89.2 Å². The van der Waals surface area contributed by atoms with Crippen LogP contribution in [0.2, 0.25) is 0 Å². The highest BCUT2D eigenvalue weighted by Crippen LogP contribution is 2.30. The lowest BCUT2D eigenvalue weighted by Gasteiger charge is -2.15. The summed E-state index contributed by atoms with van der Waals surface area (Å²) in [7, 11) is 0. The molecule has 4 aromatic rings. The van der Waals surface area contributed by atoms with Crippen molar-refractivity contribution in [3.8, 4) is 17.1 Å². The van der Waals surface area contributed by atoms with Crippen LogP contribution in [0.3, 0.4) is 0 Å². The molecule has 0 spiro atoms. The van der Waals surface area contributed by atoms with Crippen molar-refractivity contribution in [1.29, 1.82) is 0 Å². The molecule has 33 heavy (non-hydrogen) atoms. The summed E-state index contributed by atoms with van der Waals surface area (Å²) in [6.45, 7) is 1.49. The number of esters is 1. The lowest BCUT2D eigenvalue weighted by atomic mass is 9.96. The average Bonchev–Trinajstić information content (AvgIpc) is 3.41. The van der Waals surface area contributed by atoms with E-state index in [4.69, 9.17) is 9.15 Å². The summed E-state index contributed by atoms with van der Waals surface area (Å²) in [4.78, 5) is 36.9. The fourth-order valence-corrected chi connectivity index (χ4v) is 3.68. The lowest BCUT2D eigenvalue weighted by molar-refractivity contribution is -0.151. The molecule has 2 aromatic heterocycles. The molecule has 1 atom stereocenters. The van der Waals surface area contributed by atoms with E-state index in [2.05, 4.69) is 5.10 Å². The van der Waals surface area contributed by atoms with Crippen LogP contribution in [0.25, 0.3) is 34.2 Å². The van der Waals surface area contributed by atoms with Gasteiger partial charge in [-0.05, 0) is 43.3 Å². The van der Waals surface area contributed by atoms with Gasteiger partial charge in [-0.2, -0.15) is 5.10 Å². The number of nitrogens with zero attached hydrogens (tertiary/aromatic N) is 2. The maximum absolute atomic E-state index is 12.7. The first kappa shape index (κ1) is 20.4. The van der Waals surface area contributed by atoms with E-state index in [1.165, 1.54) is 19.1 Å². The zero-order valence-corrected chi connectivity index (χ0v) is 17.6. The number of rotatable bonds is 5. The molecule has 0 N–H and O–H groups in total. The molecule has 0 radical (unpaired) electrons. The third-order valence-electron chi connectivity index (χ3n) is 5.26. The van der Waals surface area contributed by atoms with Gasteiger partial charge in [-0.25, -0.2) is 4.68 Å². The minimum Gasteiger partial charge on any atom is -0.454 e. The third-order valence-corrected chi connectivity index (χ3v) is 5.26. The minimum atomic E-state index is -1.50. The van der Waals surface area contributed by atoms with Gasteiger partial charge in [0, 0.05) is 23.2 Å². The number of allylic oxidation sites excluding steroid dienone is 3. The highest BCUT2D eigenvalue weighted by molar-refractivity contribution is 6.25. The number of carbonyl (C=O) groups is 3. The van der Waals surface area contributed by atoms with Gasteiger partial charge in [0.25, 0.3) is 0 Å². The molecule has 3 heterocycles. The lowest BCUT2D eigenvalue weighted by Crippen LogP contribution is -2.34. The van der Waals surface area contributed by atoms with Crippen LogP contribution in [-0.2, 0) is 19.1 Å². The van der Waals surface area contributed by atoms with Gasteiger partial charge >= 0.3 is 5.97 Å². The molecular formula is C26H18N2O5. The van der Waals surface area contributed by atoms with Crippen LogP contribution in [0.5, 0.6) is 0 Å². The zero-order valence-electron chi connectivity index (χ0n) is 17.6. The van der Waals surface area contributed by atoms with Crippen LogP contribution in [0, 0.1) is 5.92 Å². The summed E-state index contributed by atoms with van der Waals surface area (Å²) in [6, 6.07) is 19.0. The molecule has 0 fully saturated rings. The van der Waals surface area contributed by atoms with Gasteiger partial charge < -0.3 is 9.15 Å². The zero-order chi connectivity index (χ0) is 22.9. The fourth-order valence-electron chi connectivity index (χ4n) is 3.68. The monoisotopic (exact) mass is 438 g/mol. The second-order valence-corrected chi connectivity index (χ2v) is 7.61. The number of aromatic nitrogens is 2. The van der Waals surface area contributed by atoms with Gasteiger partial charge in [-0.1, -0.05) is 36.4 Å². The van der Waals surface area contributed by atoms with Gasteiger partial charge in [0.2, 0.25) is 0 Å². The normalized spacial score (nSPS) is 16.3. The van der Waals surface area contributed by atoms with Gasteiger partial charge in [-0.15, -0.1) is 0 Å². The van der Waals surface area contributed by atoms with Gasteiger partial charge in [0.15, 0.2) is 23.2 Å². The Balaban J connectivity index is 1.54. The molecule has 0 amide bonds. The Morgan fingerprint density at radius 1 is 1.06 bits per heavy atom. The highest BCUT2D eigenvalue weighted by Gasteiger charge is 2.36. The SMILES string of the molecule is CC1=CC(=O)C(C(=O)/C=C/c2cn(-c3ccccc3)nc2-c2cc3ccccc3o2)C(=O)O1. The number of ketones is 2. The number of carbonyl (C=O) groups excluding carboxylic acids is 3. The number of para-hydroxylation sites is 2. The molecule has 5 rings (SSSR count). The maximum Gasteiger partial charge on any atom is 0.329 e. The first-order valence-corrected chi connectivity index (χ1v) is 10.3. The van der Waals surface area contributed by atoms with Crippen molar-refractivity contribution in [2.75, 3.05) is 0 Å². The van der Waals surface area contributed by atoms with Crippen LogP contribution in [0.1, 0.15) is 12.5 Å². The van der Waals surface area contributed by atoms with Crippen molar-refractivity contribution in [3.63, 3.8) is 0 Å². The number of ether oxygens (including phenoxy) is 1. The molecular weight excluding hydrogens is 420 g/mol. The van der Waals surface area contributed by atoms with E-state index in [0.717, 1.165) is 17.1 Å². The topological polar surface area (TPSA) is 91.4 Å². The van der Waals surface area contributed by atoms with Crippen LogP contribution >= 0.6 is 0 Å². The quantitative estimate of drug-likeness (QED) is 0.259. The third kappa shape index (κ3) is 3.92. The Kier molecular flexibility index (Phi) is 5.06. The average molecular weight is 438 g/mol. The number of cyclic esters (lactones) is 1. The Morgan fingerprint density at radius 3 is 2.58 bits per heavy atom. The number of hydrogen-bond acceptors (Lipinski definition) is 6. The Hall–Kier alpha value is -4.52. The van der Waals surface area contributed by atoms with E-state index < -0.39 is 23.5 Å². The molecule has 7 heteroatoms. The van der Waals surface area contributed by atoms with E-state index in [1.807, 2.05) is 60.7 Å². The van der Waals surface area contributed by atoms with E-state index in [9.17, 15) is 14.4 Å². The van der Waals surface area contributed by atoms with Crippen molar-refractivity contribution >= 4 is 34.6 Å². The molecule has 0 aliphatic carbocycles. The highest BCUT2D eigenvalue weighted by atomic mass is 16.5. The van der Waals surface area contributed by atoms with E-state index in [0.29, 0.717) is 22.6 Å². The number of fused-ring (bicyclic) bond motifs is 1.